The van der Waals surface area contributed by atoms with Crippen LogP contribution in [0.5, 0.6) is 0 Å². The van der Waals surface area contributed by atoms with Crippen LogP contribution in [0.1, 0.15) is 80.1 Å². The molecule has 0 heterocycles. The van der Waals surface area contributed by atoms with Gasteiger partial charge in [-0.1, -0.05) is 60.1 Å². The van der Waals surface area contributed by atoms with Crippen LogP contribution in [0.4, 0.5) is 0 Å². The molecule has 0 bridgehead atoms. The molecule has 2 heteroatoms. The third-order valence-corrected chi connectivity index (χ3v) is 4.30. The van der Waals surface area contributed by atoms with Gasteiger partial charge in [0.15, 0.2) is 0 Å². The van der Waals surface area contributed by atoms with Crippen LogP contribution in [0, 0.1) is 23.2 Å². The lowest BCUT2D eigenvalue weighted by atomic mass is 9.79. The lowest BCUT2D eigenvalue weighted by Crippen LogP contribution is -2.14. The summed E-state index contributed by atoms with van der Waals surface area (Å²) in [6.07, 6.45) is 10.6. The Morgan fingerprint density at radius 3 is 2.24 bits per heavy atom. The summed E-state index contributed by atoms with van der Waals surface area (Å²) in [5, 5.41) is 8.78. The second kappa shape index (κ2) is 10.0. The van der Waals surface area contributed by atoms with Gasteiger partial charge < -0.3 is 5.11 Å². The van der Waals surface area contributed by atoms with Crippen molar-refractivity contribution < 1.29 is 9.90 Å². The summed E-state index contributed by atoms with van der Waals surface area (Å²) in [7, 11) is 0. The number of aliphatic carboxylic acids is 1. The van der Waals surface area contributed by atoms with Crippen molar-refractivity contribution in [1.29, 1.82) is 0 Å². The van der Waals surface area contributed by atoms with Gasteiger partial charge >= 0.3 is 5.97 Å². The molecule has 0 aliphatic carbocycles. The Labute approximate surface area is 132 Å². The maximum atomic E-state index is 10.7. The number of hydrogen-bond acceptors (Lipinski definition) is 1. The molecule has 0 amide bonds. The summed E-state index contributed by atoms with van der Waals surface area (Å²) in [6.45, 7) is 13.5. The van der Waals surface area contributed by atoms with Crippen LogP contribution < -0.4 is 0 Å². The lowest BCUT2D eigenvalue weighted by molar-refractivity contribution is -0.138. The molecule has 0 spiro atoms. The van der Waals surface area contributed by atoms with E-state index >= 15 is 0 Å². The molecule has 0 saturated heterocycles. The zero-order chi connectivity index (χ0) is 16.5. The summed E-state index contributed by atoms with van der Waals surface area (Å²) >= 11 is 0. The van der Waals surface area contributed by atoms with Gasteiger partial charge in [-0.3, -0.25) is 4.79 Å². The molecule has 0 aromatic carbocycles. The summed E-state index contributed by atoms with van der Waals surface area (Å²) in [4.78, 5) is 10.7. The molecular formula is C19H36O2. The van der Waals surface area contributed by atoms with Crippen LogP contribution in [0.15, 0.2) is 12.2 Å². The Morgan fingerprint density at radius 1 is 1.10 bits per heavy atom. The van der Waals surface area contributed by atoms with E-state index in [2.05, 4.69) is 46.8 Å². The Balaban J connectivity index is 4.01. The Bertz CT molecular complexity index is 318. The minimum absolute atomic E-state index is 0.271. The van der Waals surface area contributed by atoms with E-state index in [1.807, 2.05) is 6.92 Å². The molecule has 0 fully saturated rings. The maximum absolute atomic E-state index is 10.7. The standard InChI is InChI=1S/C19H36O2/c1-7-15(2)14-19(5,6)11-9-8-10-16(3)12-17(4)13-18(20)21/h8-9,15-17H,7,10-14H2,1-6H3,(H,20,21)/b9-8-. The van der Waals surface area contributed by atoms with E-state index in [1.54, 1.807) is 0 Å². The lowest BCUT2D eigenvalue weighted by Gasteiger charge is -2.26. The van der Waals surface area contributed by atoms with E-state index in [0.29, 0.717) is 11.3 Å². The SMILES string of the molecule is CCC(C)CC(C)(C)C/C=C\CC(C)CC(C)CC(=O)O. The van der Waals surface area contributed by atoms with Crippen molar-refractivity contribution >= 4 is 5.97 Å². The normalized spacial score (nSPS) is 16.9. The monoisotopic (exact) mass is 296 g/mol. The molecular weight excluding hydrogens is 260 g/mol. The predicted molar refractivity (Wildman–Crippen MR) is 91.4 cm³/mol. The zero-order valence-corrected chi connectivity index (χ0v) is 15.0. The van der Waals surface area contributed by atoms with Gasteiger partial charge in [0, 0.05) is 6.42 Å². The fraction of sp³-hybridized carbons (Fsp3) is 0.842. The van der Waals surface area contributed by atoms with E-state index in [0.717, 1.165) is 25.2 Å². The third-order valence-electron chi connectivity index (χ3n) is 4.30. The highest BCUT2D eigenvalue weighted by atomic mass is 16.4. The fourth-order valence-corrected chi connectivity index (χ4v) is 3.07. The van der Waals surface area contributed by atoms with Gasteiger partial charge in [0.2, 0.25) is 0 Å². The van der Waals surface area contributed by atoms with E-state index < -0.39 is 5.97 Å². The van der Waals surface area contributed by atoms with Crippen LogP contribution in [-0.4, -0.2) is 11.1 Å². The number of allylic oxidation sites excluding steroid dienone is 2. The number of carbonyl (C=O) groups is 1. The quantitative estimate of drug-likeness (QED) is 0.480. The first-order valence-electron chi connectivity index (χ1n) is 8.53. The van der Waals surface area contributed by atoms with Crippen molar-refractivity contribution in [3.05, 3.63) is 12.2 Å². The van der Waals surface area contributed by atoms with E-state index in [-0.39, 0.29) is 12.3 Å². The highest BCUT2D eigenvalue weighted by molar-refractivity contribution is 5.66. The van der Waals surface area contributed by atoms with Crippen molar-refractivity contribution in [3.8, 4) is 0 Å². The molecule has 0 aliphatic rings. The van der Waals surface area contributed by atoms with Gasteiger partial charge in [-0.05, 0) is 48.9 Å². The number of rotatable bonds is 11. The van der Waals surface area contributed by atoms with Crippen LogP contribution in [0.2, 0.25) is 0 Å². The van der Waals surface area contributed by atoms with E-state index in [1.165, 1.54) is 12.8 Å². The summed E-state index contributed by atoms with van der Waals surface area (Å²) < 4.78 is 0. The molecule has 2 nitrogen and oxygen atoms in total. The molecule has 1 N–H and O–H groups in total. The molecule has 0 aliphatic heterocycles. The molecule has 124 valence electrons. The Hall–Kier alpha value is -0.790. The third kappa shape index (κ3) is 11.5. The van der Waals surface area contributed by atoms with Crippen molar-refractivity contribution in [3.63, 3.8) is 0 Å². The van der Waals surface area contributed by atoms with Crippen molar-refractivity contribution in [2.45, 2.75) is 80.1 Å². The van der Waals surface area contributed by atoms with Crippen LogP contribution >= 0.6 is 0 Å². The molecule has 0 aromatic heterocycles. The van der Waals surface area contributed by atoms with Gasteiger partial charge in [-0.15, -0.1) is 0 Å². The van der Waals surface area contributed by atoms with Gasteiger partial charge in [-0.25, -0.2) is 0 Å². The van der Waals surface area contributed by atoms with Gasteiger partial charge in [0.05, 0.1) is 0 Å². The van der Waals surface area contributed by atoms with Crippen LogP contribution in [0.25, 0.3) is 0 Å². The average molecular weight is 296 g/mol. The Morgan fingerprint density at radius 2 is 1.71 bits per heavy atom. The molecule has 0 radical (unpaired) electrons. The van der Waals surface area contributed by atoms with Gasteiger partial charge in [-0.2, -0.15) is 0 Å². The molecule has 0 aromatic rings. The summed E-state index contributed by atoms with van der Waals surface area (Å²) in [5.74, 6) is 0.947. The predicted octanol–water partition coefficient (Wildman–Crippen LogP) is 5.92. The first-order valence-corrected chi connectivity index (χ1v) is 8.53. The van der Waals surface area contributed by atoms with Crippen molar-refractivity contribution in [2.75, 3.05) is 0 Å². The smallest absolute Gasteiger partial charge is 0.303 e. The fourth-order valence-electron chi connectivity index (χ4n) is 3.07. The van der Waals surface area contributed by atoms with Crippen molar-refractivity contribution in [1.82, 2.24) is 0 Å². The minimum Gasteiger partial charge on any atom is -0.481 e. The summed E-state index contributed by atoms with van der Waals surface area (Å²) in [6, 6.07) is 0. The zero-order valence-electron chi connectivity index (χ0n) is 15.0. The molecule has 21 heavy (non-hydrogen) atoms. The largest absolute Gasteiger partial charge is 0.481 e. The van der Waals surface area contributed by atoms with Crippen LogP contribution in [0.3, 0.4) is 0 Å². The number of carboxylic acid groups (broad SMARTS) is 1. The van der Waals surface area contributed by atoms with E-state index in [9.17, 15) is 4.79 Å². The molecule has 3 unspecified atom stereocenters. The van der Waals surface area contributed by atoms with E-state index in [4.69, 9.17) is 5.11 Å². The topological polar surface area (TPSA) is 37.3 Å². The molecule has 3 atom stereocenters. The molecule has 0 saturated carbocycles. The minimum atomic E-state index is -0.683. The average Bonchev–Trinajstić information content (AvgIpc) is 2.32. The molecule has 0 rings (SSSR count). The number of carboxylic acids is 1. The second-order valence-corrected chi connectivity index (χ2v) is 7.84. The van der Waals surface area contributed by atoms with Crippen LogP contribution in [-0.2, 0) is 4.79 Å². The maximum Gasteiger partial charge on any atom is 0.303 e. The second-order valence-electron chi connectivity index (χ2n) is 7.84. The van der Waals surface area contributed by atoms with Crippen molar-refractivity contribution in [2.24, 2.45) is 23.2 Å². The highest BCUT2D eigenvalue weighted by Crippen LogP contribution is 2.31. The van der Waals surface area contributed by atoms with Gasteiger partial charge in [0.25, 0.3) is 0 Å². The highest BCUT2D eigenvalue weighted by Gasteiger charge is 2.18. The summed E-state index contributed by atoms with van der Waals surface area (Å²) in [5.41, 5.74) is 0.381. The first-order chi connectivity index (χ1) is 9.66. The Kier molecular flexibility index (Phi) is 9.65. The number of hydrogen-bond donors (Lipinski definition) is 1. The van der Waals surface area contributed by atoms with Gasteiger partial charge in [0.1, 0.15) is 0 Å². The first kappa shape index (κ1) is 20.2.